The van der Waals surface area contributed by atoms with Gasteiger partial charge >= 0.3 is 0 Å². The number of halogens is 2. The predicted molar refractivity (Wildman–Crippen MR) is 169 cm³/mol. The third kappa shape index (κ3) is 4.99. The van der Waals surface area contributed by atoms with Crippen LogP contribution in [0.4, 0.5) is 20.5 Å². The van der Waals surface area contributed by atoms with E-state index < -0.39 is 17.7 Å². The highest BCUT2D eigenvalue weighted by Gasteiger charge is 2.41. The molecule has 15 heteroatoms. The van der Waals surface area contributed by atoms with Crippen molar-refractivity contribution in [2.45, 2.75) is 31.2 Å². The van der Waals surface area contributed by atoms with Crippen molar-refractivity contribution in [1.82, 2.24) is 44.2 Å². The maximum absolute atomic E-state index is 14.8. The van der Waals surface area contributed by atoms with E-state index in [0.717, 1.165) is 34.4 Å². The average molecular weight is 638 g/mol. The van der Waals surface area contributed by atoms with Crippen LogP contribution in [0.25, 0.3) is 39.0 Å². The summed E-state index contributed by atoms with van der Waals surface area (Å²) in [6.45, 7) is 1.17. The largest absolute Gasteiger partial charge is 0.378 e. The number of ether oxygens (including phenoxy) is 1. The van der Waals surface area contributed by atoms with Crippen LogP contribution >= 0.6 is 0 Å². The molecule has 6 aromatic rings. The van der Waals surface area contributed by atoms with E-state index in [1.165, 1.54) is 23.3 Å². The molecule has 47 heavy (non-hydrogen) atoms. The molecular formula is C32H29F2N11O2. The molecule has 4 aromatic heterocycles. The molecule has 2 aliphatic rings. The van der Waals surface area contributed by atoms with Gasteiger partial charge in [-0.15, -0.1) is 0 Å². The number of methoxy groups -OCH3 is 1. The van der Waals surface area contributed by atoms with Crippen LogP contribution in [-0.2, 0) is 16.1 Å². The van der Waals surface area contributed by atoms with Crippen LogP contribution in [0.1, 0.15) is 6.42 Å². The molecule has 0 radical (unpaired) electrons. The zero-order chi connectivity index (χ0) is 32.2. The maximum atomic E-state index is 14.8. The van der Waals surface area contributed by atoms with Gasteiger partial charge in [-0.1, -0.05) is 12.1 Å². The summed E-state index contributed by atoms with van der Waals surface area (Å²) in [4.78, 5) is 40.8. The van der Waals surface area contributed by atoms with Crippen molar-refractivity contribution >= 4 is 39.7 Å². The standard InChI is InChI=1S/C32H29F2N11O2/c1-42-14-20(47-2)15-43-17-38-25-5-3-4-21(28(25)43)24-8-9-35-32(41-24)40-19-11-27(31(42)46)44(13-19)29-22-12-39-45(30(22)37-16-36-29)26-7-6-18(33)10-23(26)34/h3-10,12,16-17,19-20,27H,11,13-15H2,1-2H3,(H,35,40,41)/t19-,20+,27-/m0/s1. The second-order valence-electron chi connectivity index (χ2n) is 11.7. The quantitative estimate of drug-likeness (QED) is 0.308. The average Bonchev–Trinajstić information content (AvgIpc) is 3.81. The Bertz CT molecular complexity index is 2150. The van der Waals surface area contributed by atoms with Crippen molar-refractivity contribution in [3.63, 3.8) is 0 Å². The number of nitrogens with zero attached hydrogens (tertiary/aromatic N) is 10. The predicted octanol–water partition coefficient (Wildman–Crippen LogP) is 3.45. The zero-order valence-electron chi connectivity index (χ0n) is 25.5. The number of fused-ring (bicyclic) bond motifs is 6. The molecule has 3 atom stereocenters. The molecule has 0 saturated carbocycles. The summed E-state index contributed by atoms with van der Waals surface area (Å²) < 4.78 is 37.6. The number of hydrogen-bond acceptors (Lipinski definition) is 10. The monoisotopic (exact) mass is 637 g/mol. The first kappa shape index (κ1) is 28.9. The number of anilines is 2. The van der Waals surface area contributed by atoms with Gasteiger partial charge in [-0.05, 0) is 30.7 Å². The molecule has 13 nitrogen and oxygen atoms in total. The first-order valence-electron chi connectivity index (χ1n) is 15.1. The smallest absolute Gasteiger partial charge is 0.245 e. The number of hydrogen-bond donors (Lipinski definition) is 1. The number of imidazole rings is 1. The van der Waals surface area contributed by atoms with Gasteiger partial charge < -0.3 is 24.4 Å². The summed E-state index contributed by atoms with van der Waals surface area (Å²) in [5.41, 5.74) is 3.75. The summed E-state index contributed by atoms with van der Waals surface area (Å²) in [6.07, 6.45) is 6.47. The highest BCUT2D eigenvalue weighted by Crippen LogP contribution is 2.34. The highest BCUT2D eigenvalue weighted by atomic mass is 19.1. The second-order valence-corrected chi connectivity index (χ2v) is 11.7. The summed E-state index contributed by atoms with van der Waals surface area (Å²) in [7, 11) is 3.40. The topological polar surface area (TPSA) is 132 Å². The van der Waals surface area contributed by atoms with Gasteiger partial charge in [0, 0.05) is 51.1 Å². The number of nitrogens with one attached hydrogen (secondary N) is 1. The van der Waals surface area contributed by atoms with E-state index in [9.17, 15) is 13.6 Å². The normalized spacial score (nSPS) is 20.0. The second kappa shape index (κ2) is 11.3. The number of carbonyl (C=O) groups excluding carboxylic acids is 1. The van der Waals surface area contributed by atoms with Gasteiger partial charge in [0.05, 0.1) is 47.3 Å². The van der Waals surface area contributed by atoms with Crippen LogP contribution in [0.3, 0.4) is 0 Å². The SMILES string of the molecule is CO[C@@H]1CN(C)C(=O)[C@@H]2C[C@@H](CN2c2ncnc3c2cnn3-c2ccc(F)cc2F)Nc2nccc(n2)-c2cccc3ncn(c23)C1. The minimum Gasteiger partial charge on any atom is -0.378 e. The highest BCUT2D eigenvalue weighted by molar-refractivity contribution is 5.93. The lowest BCUT2D eigenvalue weighted by atomic mass is 10.1. The molecule has 1 saturated heterocycles. The third-order valence-electron chi connectivity index (χ3n) is 8.83. The summed E-state index contributed by atoms with van der Waals surface area (Å²) in [6, 6.07) is 10.2. The first-order valence-corrected chi connectivity index (χ1v) is 15.1. The third-order valence-corrected chi connectivity index (χ3v) is 8.83. The lowest BCUT2D eigenvalue weighted by molar-refractivity contribution is -0.132. The molecule has 8 rings (SSSR count). The van der Waals surface area contributed by atoms with Crippen molar-refractivity contribution < 1.29 is 18.3 Å². The Kier molecular flexibility index (Phi) is 6.97. The van der Waals surface area contributed by atoms with Crippen molar-refractivity contribution in [1.29, 1.82) is 0 Å². The van der Waals surface area contributed by atoms with Gasteiger partial charge in [0.25, 0.3) is 0 Å². The fourth-order valence-electron chi connectivity index (χ4n) is 6.61. The van der Waals surface area contributed by atoms with Gasteiger partial charge in [-0.25, -0.2) is 38.4 Å². The molecule has 0 unspecified atom stereocenters. The van der Waals surface area contributed by atoms with Crippen molar-refractivity contribution in [3.05, 3.63) is 79.1 Å². The number of carbonyl (C=O) groups is 1. The van der Waals surface area contributed by atoms with Gasteiger partial charge in [-0.2, -0.15) is 5.10 Å². The van der Waals surface area contributed by atoms with Crippen LogP contribution in [-0.4, -0.2) is 95.5 Å². The van der Waals surface area contributed by atoms with Crippen LogP contribution in [0.15, 0.2) is 67.5 Å². The van der Waals surface area contributed by atoms with Crippen LogP contribution in [0.5, 0.6) is 0 Å². The molecule has 1 amide bonds. The number of benzene rings is 2. The Labute approximate surface area is 266 Å². The lowest BCUT2D eigenvalue weighted by Gasteiger charge is -2.30. The van der Waals surface area contributed by atoms with Crippen LogP contribution < -0.4 is 10.2 Å². The molecule has 0 spiro atoms. The van der Waals surface area contributed by atoms with E-state index in [-0.39, 0.29) is 23.7 Å². The molecule has 4 bridgehead atoms. The molecular weight excluding hydrogens is 608 g/mol. The van der Waals surface area contributed by atoms with Gasteiger partial charge in [-0.3, -0.25) is 4.79 Å². The van der Waals surface area contributed by atoms with Crippen LogP contribution in [0.2, 0.25) is 0 Å². The Morgan fingerprint density at radius 2 is 1.91 bits per heavy atom. The summed E-state index contributed by atoms with van der Waals surface area (Å²) in [5.74, 6) is -0.709. The summed E-state index contributed by atoms with van der Waals surface area (Å²) >= 11 is 0. The lowest BCUT2D eigenvalue weighted by Crippen LogP contribution is -2.47. The Balaban J connectivity index is 1.21. The Morgan fingerprint density at radius 1 is 1.02 bits per heavy atom. The fraction of sp³-hybridized carbons (Fsp3) is 0.281. The Morgan fingerprint density at radius 3 is 2.77 bits per heavy atom. The number of para-hydroxylation sites is 1. The van der Waals surface area contributed by atoms with Crippen molar-refractivity contribution in [2.24, 2.45) is 0 Å². The first-order chi connectivity index (χ1) is 22.9. The molecule has 238 valence electrons. The van der Waals surface area contributed by atoms with E-state index in [2.05, 4.69) is 30.4 Å². The number of aromatic nitrogens is 8. The number of likely N-dealkylation sites (N-methyl/N-ethyl adjacent to an activating group) is 1. The van der Waals surface area contributed by atoms with Crippen molar-refractivity contribution in [2.75, 3.05) is 37.5 Å². The van der Waals surface area contributed by atoms with Gasteiger partial charge in [0.2, 0.25) is 11.9 Å². The van der Waals surface area contributed by atoms with E-state index >= 15 is 0 Å². The van der Waals surface area contributed by atoms with E-state index in [4.69, 9.17) is 9.72 Å². The molecule has 2 aliphatic heterocycles. The molecule has 0 aliphatic carbocycles. The fourth-order valence-corrected chi connectivity index (χ4v) is 6.61. The van der Waals surface area contributed by atoms with Crippen LogP contribution in [0, 0.1) is 11.6 Å². The number of rotatable bonds is 3. The number of amides is 1. The maximum Gasteiger partial charge on any atom is 0.245 e. The minimum atomic E-state index is -0.780. The van der Waals surface area contributed by atoms with E-state index in [1.807, 2.05) is 33.7 Å². The molecule has 2 aromatic carbocycles. The van der Waals surface area contributed by atoms with E-state index in [1.54, 1.807) is 31.6 Å². The molecule has 6 heterocycles. The van der Waals surface area contributed by atoms with Crippen molar-refractivity contribution in [3.8, 4) is 16.9 Å². The molecule has 1 N–H and O–H groups in total. The van der Waals surface area contributed by atoms with Gasteiger partial charge in [0.15, 0.2) is 11.5 Å². The minimum absolute atomic E-state index is 0.0418. The molecule has 1 fully saturated rings. The van der Waals surface area contributed by atoms with E-state index in [0.29, 0.717) is 48.9 Å². The zero-order valence-corrected chi connectivity index (χ0v) is 25.5. The summed E-state index contributed by atoms with van der Waals surface area (Å²) in [5, 5.41) is 8.33. The van der Waals surface area contributed by atoms with Gasteiger partial charge in [0.1, 0.15) is 29.7 Å². The Hall–Kier alpha value is -5.57.